The molecule has 2 aromatic heterocycles. The van der Waals surface area contributed by atoms with Gasteiger partial charge in [0, 0.05) is 128 Å². The minimum Gasteiger partial charge on any atom is -0.383 e. The smallest absolute Gasteiger partial charge is 0.221 e. The number of aromatic nitrogens is 2. The summed E-state index contributed by atoms with van der Waals surface area (Å²) in [6.07, 6.45) is 3.84. The fourth-order valence-electron chi connectivity index (χ4n) is 11.1. The number of fused-ring (bicyclic) bond motifs is 5. The summed E-state index contributed by atoms with van der Waals surface area (Å²) < 4.78 is 1.42. The van der Waals surface area contributed by atoms with Crippen LogP contribution in [0.15, 0.2) is 59.9 Å². The molecular weight excluding hydrogens is 859 g/mol. The van der Waals surface area contributed by atoms with Crippen molar-refractivity contribution in [1.29, 1.82) is 5.26 Å². The van der Waals surface area contributed by atoms with Gasteiger partial charge in [-0.05, 0) is 72.7 Å². The van der Waals surface area contributed by atoms with E-state index in [0.717, 1.165) is 91.8 Å². The first-order valence-corrected chi connectivity index (χ1v) is 23.5. The zero-order valence-corrected chi connectivity index (χ0v) is 38.6. The number of piperidine rings is 2. The molecule has 0 bridgehead atoms. The van der Waals surface area contributed by atoms with E-state index in [1.54, 1.807) is 36.1 Å². The Bertz CT molecular complexity index is 3240. The standard InChI is InChI=1S/C53H53N9O6/c1-4-34-25-39-40(29-64)50-37-10-8-33(27-54)24-43(37)58-52(50)53(2,3)41(39)26-46(34)61-18-12-36(13-19-61)60-22-20-59(21-23-60)17-14-49(68)56-16-15-55-42-7-5-6-38-47(31-66)62(48(32-67)51(38)42)45-11-9-35(28-63)57-44(45)30-65/h5-8,10,24-26,36,45,55,57-58H,4,9,11-23H2,1-3H3,(H,56,68). The van der Waals surface area contributed by atoms with Crippen molar-refractivity contribution >= 4 is 74.2 Å². The molecule has 4 N–H and O–H groups in total. The van der Waals surface area contributed by atoms with Crippen LogP contribution in [0.4, 0.5) is 11.4 Å². The summed E-state index contributed by atoms with van der Waals surface area (Å²) >= 11 is 0. The molecule has 5 aromatic rings. The van der Waals surface area contributed by atoms with Crippen LogP contribution in [0.3, 0.4) is 0 Å². The first kappa shape index (κ1) is 45.7. The van der Waals surface area contributed by atoms with E-state index in [1.807, 2.05) is 24.0 Å². The Kier molecular flexibility index (Phi) is 12.8. The number of piperazine rings is 1. The summed E-state index contributed by atoms with van der Waals surface area (Å²) in [5, 5.41) is 20.5. The van der Waals surface area contributed by atoms with E-state index >= 15 is 0 Å². The van der Waals surface area contributed by atoms with Gasteiger partial charge >= 0.3 is 0 Å². The zero-order valence-electron chi connectivity index (χ0n) is 38.6. The lowest BCUT2D eigenvalue weighted by atomic mass is 9.69. The summed E-state index contributed by atoms with van der Waals surface area (Å²) in [6.45, 7) is 13.5. The third-order valence-electron chi connectivity index (χ3n) is 14.7. The van der Waals surface area contributed by atoms with Gasteiger partial charge in [0.05, 0.1) is 23.2 Å². The van der Waals surface area contributed by atoms with Crippen molar-refractivity contribution in [3.8, 4) is 6.07 Å². The third kappa shape index (κ3) is 8.11. The Morgan fingerprint density at radius 3 is 2.32 bits per heavy atom. The molecule has 15 nitrogen and oxygen atoms in total. The number of benzene rings is 3. The van der Waals surface area contributed by atoms with Crippen molar-refractivity contribution in [2.24, 2.45) is 0 Å². The van der Waals surface area contributed by atoms with Crippen molar-refractivity contribution in [3.05, 3.63) is 104 Å². The highest BCUT2D eigenvalue weighted by molar-refractivity contribution is 6.10. The second kappa shape index (κ2) is 19.0. The molecule has 3 saturated heterocycles. The first-order valence-electron chi connectivity index (χ1n) is 23.5. The Hall–Kier alpha value is -7.47. The average Bonchev–Trinajstić information content (AvgIpc) is 3.93. The lowest BCUT2D eigenvalue weighted by Gasteiger charge is -2.44. The monoisotopic (exact) mass is 911 g/mol. The number of hydrogen-bond acceptors (Lipinski definition) is 12. The van der Waals surface area contributed by atoms with Crippen molar-refractivity contribution in [1.82, 2.24) is 30.0 Å². The molecule has 9 rings (SSSR count). The van der Waals surface area contributed by atoms with E-state index < -0.39 is 11.5 Å². The highest BCUT2D eigenvalue weighted by Crippen LogP contribution is 2.50. The molecule has 0 spiro atoms. The Labute approximate surface area is 393 Å². The van der Waals surface area contributed by atoms with Crippen molar-refractivity contribution in [3.63, 3.8) is 0 Å². The first-order chi connectivity index (χ1) is 33.1. The molecule has 1 atom stereocenters. The molecule has 0 radical (unpaired) electrons. The molecule has 346 valence electrons. The van der Waals surface area contributed by atoms with E-state index in [9.17, 15) is 34.0 Å². The number of allylic oxidation sites excluding steroid dienone is 2. The van der Waals surface area contributed by atoms with E-state index in [1.165, 1.54) is 15.8 Å². The molecule has 1 aliphatic carbocycles. The molecule has 3 aromatic carbocycles. The number of aromatic amines is 1. The number of carbonyl (C=O) groups excluding carboxylic acids is 6. The van der Waals surface area contributed by atoms with Crippen LogP contribution in [0.1, 0.15) is 92.4 Å². The molecule has 68 heavy (non-hydrogen) atoms. The highest BCUT2D eigenvalue weighted by atomic mass is 16.1. The molecule has 4 aliphatic rings. The van der Waals surface area contributed by atoms with Gasteiger partial charge in [0.1, 0.15) is 39.9 Å². The Morgan fingerprint density at radius 2 is 1.63 bits per heavy atom. The number of H-pyrrole nitrogens is 1. The zero-order chi connectivity index (χ0) is 47.7. The summed E-state index contributed by atoms with van der Waals surface area (Å²) in [5.41, 5.74) is 8.67. The predicted molar refractivity (Wildman–Crippen MR) is 259 cm³/mol. The highest BCUT2D eigenvalue weighted by Gasteiger charge is 2.40. The number of nitrogens with one attached hydrogen (secondary N) is 4. The van der Waals surface area contributed by atoms with Crippen LogP contribution in [0.25, 0.3) is 27.2 Å². The maximum Gasteiger partial charge on any atom is 0.221 e. The van der Waals surface area contributed by atoms with E-state index in [2.05, 4.69) is 80.5 Å². The molecular formula is C53H53N9O6. The molecule has 1 amide bonds. The predicted octanol–water partition coefficient (Wildman–Crippen LogP) is 3.03. The van der Waals surface area contributed by atoms with Gasteiger partial charge in [-0.2, -0.15) is 5.26 Å². The van der Waals surface area contributed by atoms with Crippen LogP contribution in [0.2, 0.25) is 0 Å². The van der Waals surface area contributed by atoms with Crippen LogP contribution in [-0.2, 0) is 40.6 Å². The van der Waals surface area contributed by atoms with Crippen LogP contribution in [-0.4, -0.2) is 120 Å². The Balaban J connectivity index is 0.762. The maximum atomic E-state index is 13.0. The number of nitriles is 1. The van der Waals surface area contributed by atoms with Crippen molar-refractivity contribution < 1.29 is 28.8 Å². The fourth-order valence-corrected chi connectivity index (χ4v) is 11.1. The lowest BCUT2D eigenvalue weighted by Crippen LogP contribution is -2.53. The van der Waals surface area contributed by atoms with Crippen LogP contribution >= 0.6 is 0 Å². The van der Waals surface area contributed by atoms with Gasteiger partial charge in [-0.25, -0.2) is 24.0 Å². The van der Waals surface area contributed by atoms with Gasteiger partial charge in [-0.1, -0.05) is 39.0 Å². The number of amides is 1. The van der Waals surface area contributed by atoms with Crippen LogP contribution < -0.4 is 31.5 Å². The van der Waals surface area contributed by atoms with Crippen molar-refractivity contribution in [2.45, 2.75) is 76.8 Å². The maximum absolute atomic E-state index is 13.0. The molecule has 0 saturated carbocycles. The topological polar surface area (TPSA) is 193 Å². The van der Waals surface area contributed by atoms with E-state index in [4.69, 9.17) is 0 Å². The van der Waals surface area contributed by atoms with Gasteiger partial charge in [-0.3, -0.25) is 9.69 Å². The quantitative estimate of drug-likeness (QED) is 0.112. The minimum absolute atomic E-state index is 0.0107. The third-order valence-corrected chi connectivity index (χ3v) is 14.7. The summed E-state index contributed by atoms with van der Waals surface area (Å²) in [5.74, 6) is 9.71. The number of aryl methyl sites for hydroxylation is 1. The largest absolute Gasteiger partial charge is 0.383 e. The van der Waals surface area contributed by atoms with Gasteiger partial charge < -0.3 is 35.3 Å². The number of hydrogen-bond donors (Lipinski definition) is 4. The van der Waals surface area contributed by atoms with Crippen molar-refractivity contribution in [2.75, 3.05) is 69.1 Å². The summed E-state index contributed by atoms with van der Waals surface area (Å²) in [4.78, 5) is 84.5. The summed E-state index contributed by atoms with van der Waals surface area (Å²) in [7, 11) is 0. The van der Waals surface area contributed by atoms with Crippen LogP contribution in [0, 0.1) is 11.3 Å². The lowest BCUT2D eigenvalue weighted by molar-refractivity contribution is -0.121. The van der Waals surface area contributed by atoms with Gasteiger partial charge in [0.15, 0.2) is 11.9 Å². The molecule has 1 unspecified atom stereocenters. The normalized spacial score (nSPS) is 18.4. The summed E-state index contributed by atoms with van der Waals surface area (Å²) in [6, 6.07) is 17.3. The molecule has 15 heteroatoms. The molecule has 3 fully saturated rings. The van der Waals surface area contributed by atoms with Crippen LogP contribution in [0.5, 0.6) is 0 Å². The van der Waals surface area contributed by atoms with E-state index in [-0.39, 0.29) is 40.8 Å². The Morgan fingerprint density at radius 1 is 0.853 bits per heavy atom. The second-order valence-corrected chi connectivity index (χ2v) is 18.6. The van der Waals surface area contributed by atoms with Gasteiger partial charge in [0.2, 0.25) is 5.91 Å². The number of rotatable bonds is 11. The molecule has 5 heterocycles. The minimum atomic E-state index is -0.757. The van der Waals surface area contributed by atoms with E-state index in [0.29, 0.717) is 59.7 Å². The SMILES string of the molecule is CCc1cc2c(cc1N1CCC(N3CCN(CCC(=O)NCCNc4cccc5c(=C=O)n(C6CCC(=C=O)NC6=C=O)c(=C=O)c45)CC3)CC1)C(C)(C)c1[nH]c3cc(C#N)ccc3c1C2=C=O. The average molecular weight is 912 g/mol. The fraction of sp³-hybridized carbons (Fsp3) is 0.396. The number of nitrogens with zero attached hydrogens (tertiary/aromatic N) is 5. The second-order valence-electron chi connectivity index (χ2n) is 18.6. The molecule has 3 aliphatic heterocycles. The number of anilines is 2. The van der Waals surface area contributed by atoms with Gasteiger partial charge in [0.25, 0.3) is 0 Å². The van der Waals surface area contributed by atoms with Gasteiger partial charge in [-0.15, -0.1) is 0 Å². The number of carbonyl (C=O) groups is 1.